The highest BCUT2D eigenvalue weighted by Gasteiger charge is 2.19. The number of benzene rings is 1. The molecule has 1 unspecified atom stereocenters. The fraction of sp³-hybridized carbons (Fsp3) is 0.452. The predicted molar refractivity (Wildman–Crippen MR) is 149 cm³/mol. The second-order valence-electron chi connectivity index (χ2n) is 9.08. The Kier molecular flexibility index (Phi) is 12.9. The topological polar surface area (TPSA) is 19.4 Å². The van der Waals surface area contributed by atoms with Crippen molar-refractivity contribution in [3.63, 3.8) is 0 Å². The third-order valence-corrected chi connectivity index (χ3v) is 6.35. The molecule has 3 rings (SSSR count). The van der Waals surface area contributed by atoms with Crippen LogP contribution in [-0.2, 0) is 0 Å². The van der Waals surface area contributed by atoms with Crippen molar-refractivity contribution in [2.75, 3.05) is 31.1 Å². The van der Waals surface area contributed by atoms with Crippen LogP contribution in [0.1, 0.15) is 71.3 Å². The zero-order valence-corrected chi connectivity index (χ0v) is 21.9. The maximum Gasteiger partial charge on any atom is 0.0398 e. The third-order valence-electron chi connectivity index (χ3n) is 6.35. The third kappa shape index (κ3) is 9.21. The summed E-state index contributed by atoms with van der Waals surface area (Å²) in [6.45, 7) is 16.9. The van der Waals surface area contributed by atoms with Crippen LogP contribution in [0, 0.1) is 0 Å². The van der Waals surface area contributed by atoms with Crippen molar-refractivity contribution in [2.24, 2.45) is 0 Å². The van der Waals surface area contributed by atoms with Crippen LogP contribution < -0.4 is 4.90 Å². The average molecular weight is 460 g/mol. The molecule has 1 aromatic carbocycles. The number of nitrogens with zero attached hydrogens (tertiary/aromatic N) is 3. The zero-order valence-electron chi connectivity index (χ0n) is 21.9. The Morgan fingerprint density at radius 3 is 2.21 bits per heavy atom. The molecule has 2 aromatic rings. The number of hydrogen-bond acceptors (Lipinski definition) is 3. The number of hydrogen-bond donors (Lipinski definition) is 0. The van der Waals surface area contributed by atoms with E-state index in [0.29, 0.717) is 0 Å². The van der Waals surface area contributed by atoms with Crippen LogP contribution in [0.4, 0.5) is 5.69 Å². The van der Waals surface area contributed by atoms with E-state index in [0.717, 1.165) is 37.7 Å². The molecule has 184 valence electrons. The number of anilines is 1. The van der Waals surface area contributed by atoms with Gasteiger partial charge >= 0.3 is 0 Å². The molecule has 0 bridgehead atoms. The van der Waals surface area contributed by atoms with Gasteiger partial charge in [-0.3, -0.25) is 4.98 Å². The summed E-state index contributed by atoms with van der Waals surface area (Å²) in [7, 11) is 0. The highest BCUT2D eigenvalue weighted by atomic mass is 15.3. The second kappa shape index (κ2) is 15.9. The monoisotopic (exact) mass is 459 g/mol. The molecule has 0 saturated carbocycles. The van der Waals surface area contributed by atoms with E-state index in [-0.39, 0.29) is 0 Å². The maximum atomic E-state index is 4.10. The Bertz CT molecular complexity index is 862. The lowest BCUT2D eigenvalue weighted by Gasteiger charge is -2.38. The molecule has 1 aliphatic rings. The van der Waals surface area contributed by atoms with Crippen molar-refractivity contribution < 1.29 is 0 Å². The molecule has 1 aliphatic heterocycles. The average Bonchev–Trinajstić information content (AvgIpc) is 2.88. The fourth-order valence-corrected chi connectivity index (χ4v) is 4.47. The Balaban J connectivity index is 0.000000257. The summed E-state index contributed by atoms with van der Waals surface area (Å²) in [5, 5.41) is 0. The van der Waals surface area contributed by atoms with Gasteiger partial charge in [-0.15, -0.1) is 0 Å². The molecule has 34 heavy (non-hydrogen) atoms. The van der Waals surface area contributed by atoms with Gasteiger partial charge in [0.25, 0.3) is 0 Å². The van der Waals surface area contributed by atoms with Crippen molar-refractivity contribution in [2.45, 2.75) is 65.7 Å². The molecule has 3 heteroatoms. The molecular formula is C31H45N3. The van der Waals surface area contributed by atoms with E-state index in [1.54, 1.807) is 0 Å². The maximum absolute atomic E-state index is 4.10. The molecule has 1 aromatic heterocycles. The van der Waals surface area contributed by atoms with Crippen LogP contribution in [-0.4, -0.2) is 36.1 Å². The quantitative estimate of drug-likeness (QED) is 0.335. The zero-order chi connectivity index (χ0) is 24.6. The van der Waals surface area contributed by atoms with Crippen molar-refractivity contribution in [1.82, 2.24) is 9.88 Å². The minimum Gasteiger partial charge on any atom is -0.368 e. The first-order valence-electron chi connectivity index (χ1n) is 13.0. The molecule has 1 atom stereocenters. The minimum atomic E-state index is 0.793. The number of rotatable bonds is 10. The highest BCUT2D eigenvalue weighted by molar-refractivity contribution is 5.45. The molecular weight excluding hydrogens is 414 g/mol. The van der Waals surface area contributed by atoms with Crippen molar-refractivity contribution in [3.05, 3.63) is 96.5 Å². The molecule has 1 fully saturated rings. The Morgan fingerprint density at radius 1 is 0.971 bits per heavy atom. The van der Waals surface area contributed by atoms with Gasteiger partial charge in [-0.25, -0.2) is 0 Å². The van der Waals surface area contributed by atoms with Gasteiger partial charge in [0.2, 0.25) is 0 Å². The molecule has 0 amide bonds. The highest BCUT2D eigenvalue weighted by Crippen LogP contribution is 2.26. The van der Waals surface area contributed by atoms with E-state index in [9.17, 15) is 0 Å². The SMILES string of the molecule is C=C(C)/C(=C\C=C/C)N1CCN(c2ccncc2)CC1.CCCCC(CCC)c1ccccc1. The predicted octanol–water partition coefficient (Wildman–Crippen LogP) is 8.00. The number of pyridine rings is 1. The van der Waals surface area contributed by atoms with Gasteiger partial charge in [0.05, 0.1) is 0 Å². The lowest BCUT2D eigenvalue weighted by atomic mass is 9.90. The summed E-state index contributed by atoms with van der Waals surface area (Å²) in [4.78, 5) is 8.90. The molecule has 2 heterocycles. The summed E-state index contributed by atoms with van der Waals surface area (Å²) >= 11 is 0. The van der Waals surface area contributed by atoms with Crippen LogP contribution in [0.3, 0.4) is 0 Å². The summed E-state index contributed by atoms with van der Waals surface area (Å²) in [6.07, 6.45) is 16.7. The van der Waals surface area contributed by atoms with Gasteiger partial charge in [-0.1, -0.05) is 82.2 Å². The van der Waals surface area contributed by atoms with E-state index in [1.165, 1.54) is 49.1 Å². The number of unbranched alkanes of at least 4 members (excludes halogenated alkanes) is 1. The van der Waals surface area contributed by atoms with Crippen LogP contribution in [0.5, 0.6) is 0 Å². The Morgan fingerprint density at radius 2 is 1.65 bits per heavy atom. The summed E-state index contributed by atoms with van der Waals surface area (Å²) in [5.41, 5.74) is 5.16. The van der Waals surface area contributed by atoms with Gasteiger partial charge in [-0.2, -0.15) is 0 Å². The van der Waals surface area contributed by atoms with E-state index < -0.39 is 0 Å². The number of aromatic nitrogens is 1. The van der Waals surface area contributed by atoms with Crippen molar-refractivity contribution >= 4 is 5.69 Å². The first kappa shape index (κ1) is 27.4. The standard InChI is InChI=1S/C17H23N3.C14H22/c1-4-5-6-17(15(2)3)20-13-11-19(12-14-20)16-7-9-18-10-8-16;1-3-5-10-13(9-4-2)14-11-7-6-8-12-14/h4-10H,2,11-14H2,1,3H3;6-8,11-13H,3-5,9-10H2,1-2H3/b5-4-,17-6+;. The van der Waals surface area contributed by atoms with Gasteiger partial charge in [0, 0.05) is 50.0 Å². The second-order valence-corrected chi connectivity index (χ2v) is 9.08. The summed E-state index contributed by atoms with van der Waals surface area (Å²) < 4.78 is 0. The van der Waals surface area contributed by atoms with Crippen molar-refractivity contribution in [1.29, 1.82) is 0 Å². The van der Waals surface area contributed by atoms with Crippen LogP contribution >= 0.6 is 0 Å². The van der Waals surface area contributed by atoms with Crippen LogP contribution in [0.25, 0.3) is 0 Å². The van der Waals surface area contributed by atoms with Crippen LogP contribution in [0.15, 0.2) is 90.9 Å². The summed E-state index contributed by atoms with van der Waals surface area (Å²) in [6, 6.07) is 15.1. The first-order chi connectivity index (χ1) is 16.6. The van der Waals surface area contributed by atoms with Gasteiger partial charge in [-0.05, 0) is 62.0 Å². The fourth-order valence-electron chi connectivity index (χ4n) is 4.47. The lowest BCUT2D eigenvalue weighted by molar-refractivity contribution is 0.327. The van der Waals surface area contributed by atoms with Crippen LogP contribution in [0.2, 0.25) is 0 Å². The molecule has 0 aliphatic carbocycles. The van der Waals surface area contributed by atoms with Gasteiger partial charge < -0.3 is 9.80 Å². The van der Waals surface area contributed by atoms with E-state index in [4.69, 9.17) is 0 Å². The molecule has 1 saturated heterocycles. The Labute approximate surface area is 208 Å². The molecule has 0 radical (unpaired) electrons. The smallest absolute Gasteiger partial charge is 0.0398 e. The van der Waals surface area contributed by atoms with E-state index >= 15 is 0 Å². The van der Waals surface area contributed by atoms with Gasteiger partial charge in [0.1, 0.15) is 0 Å². The van der Waals surface area contributed by atoms with Crippen molar-refractivity contribution in [3.8, 4) is 0 Å². The van der Waals surface area contributed by atoms with E-state index in [1.807, 2.05) is 19.3 Å². The number of allylic oxidation sites excluding steroid dienone is 4. The molecule has 0 N–H and O–H groups in total. The largest absolute Gasteiger partial charge is 0.368 e. The summed E-state index contributed by atoms with van der Waals surface area (Å²) in [5.74, 6) is 0.793. The molecule has 0 spiro atoms. The minimum absolute atomic E-state index is 0.793. The number of piperazine rings is 1. The lowest BCUT2D eigenvalue weighted by Crippen LogP contribution is -2.46. The van der Waals surface area contributed by atoms with E-state index in [2.05, 4.69) is 103 Å². The Hall–Kier alpha value is -2.81. The van der Waals surface area contributed by atoms with Gasteiger partial charge in [0.15, 0.2) is 0 Å². The normalized spacial score (nSPS) is 15.1. The molecule has 3 nitrogen and oxygen atoms in total. The first-order valence-corrected chi connectivity index (χ1v) is 13.0.